The lowest BCUT2D eigenvalue weighted by Gasteiger charge is -2.03. The van der Waals surface area contributed by atoms with E-state index < -0.39 is 27.2 Å². The Kier molecular flexibility index (Phi) is 4.92. The number of nitro groups is 2. The van der Waals surface area contributed by atoms with E-state index in [4.69, 9.17) is 4.74 Å². The van der Waals surface area contributed by atoms with E-state index in [0.29, 0.717) is 6.42 Å². The van der Waals surface area contributed by atoms with Crippen LogP contribution in [0.2, 0.25) is 0 Å². The van der Waals surface area contributed by atoms with Gasteiger partial charge in [-0.1, -0.05) is 13.3 Å². The third-order valence-corrected chi connectivity index (χ3v) is 2.29. The zero-order chi connectivity index (χ0) is 14.4. The second-order valence-corrected chi connectivity index (χ2v) is 3.74. The lowest BCUT2D eigenvalue weighted by molar-refractivity contribution is -0.394. The van der Waals surface area contributed by atoms with E-state index in [2.05, 4.69) is 0 Å². The van der Waals surface area contributed by atoms with Gasteiger partial charge >= 0.3 is 5.97 Å². The van der Waals surface area contributed by atoms with Gasteiger partial charge < -0.3 is 4.74 Å². The van der Waals surface area contributed by atoms with E-state index in [0.717, 1.165) is 24.6 Å². The van der Waals surface area contributed by atoms with Crippen LogP contribution < -0.4 is 0 Å². The van der Waals surface area contributed by atoms with Crippen LogP contribution in [0.15, 0.2) is 18.2 Å². The Morgan fingerprint density at radius 1 is 1.16 bits per heavy atom. The van der Waals surface area contributed by atoms with Gasteiger partial charge in [0.15, 0.2) is 0 Å². The molecule has 0 atom stereocenters. The molecule has 0 saturated carbocycles. The van der Waals surface area contributed by atoms with E-state index in [-0.39, 0.29) is 12.2 Å². The Morgan fingerprint density at radius 2 is 1.68 bits per heavy atom. The van der Waals surface area contributed by atoms with Crippen molar-refractivity contribution < 1.29 is 19.4 Å². The molecular formula is C11H12N2O6. The van der Waals surface area contributed by atoms with E-state index in [1.807, 2.05) is 6.92 Å². The second kappa shape index (κ2) is 6.43. The summed E-state index contributed by atoms with van der Waals surface area (Å²) in [6.07, 6.45) is 1.48. The largest absolute Gasteiger partial charge is 0.462 e. The zero-order valence-electron chi connectivity index (χ0n) is 10.2. The molecule has 0 aliphatic carbocycles. The minimum absolute atomic E-state index is 0.172. The number of carbonyl (C=O) groups is 1. The van der Waals surface area contributed by atoms with Crippen LogP contribution >= 0.6 is 0 Å². The molecule has 102 valence electrons. The van der Waals surface area contributed by atoms with E-state index in [9.17, 15) is 25.0 Å². The van der Waals surface area contributed by atoms with Crippen molar-refractivity contribution in [1.29, 1.82) is 0 Å². The van der Waals surface area contributed by atoms with Gasteiger partial charge in [0.2, 0.25) is 0 Å². The summed E-state index contributed by atoms with van der Waals surface area (Å²) in [6.45, 7) is 2.08. The van der Waals surface area contributed by atoms with Crippen molar-refractivity contribution in [1.82, 2.24) is 0 Å². The number of unbranched alkanes of at least 4 members (excludes halogenated alkanes) is 1. The first-order valence-electron chi connectivity index (χ1n) is 5.56. The van der Waals surface area contributed by atoms with E-state index >= 15 is 0 Å². The maximum Gasteiger partial charge on any atom is 0.338 e. The number of hydrogen-bond donors (Lipinski definition) is 0. The SMILES string of the molecule is CCCCOC(=O)c1cc([N+](=O)[O-])cc([N+](=O)[O-])c1. The summed E-state index contributed by atoms with van der Waals surface area (Å²) >= 11 is 0. The summed E-state index contributed by atoms with van der Waals surface area (Å²) in [7, 11) is 0. The monoisotopic (exact) mass is 268 g/mol. The van der Waals surface area contributed by atoms with Crippen LogP contribution in [-0.2, 0) is 4.74 Å². The average Bonchev–Trinajstić information content (AvgIpc) is 2.38. The Balaban J connectivity index is 3.02. The summed E-state index contributed by atoms with van der Waals surface area (Å²) in [5.41, 5.74) is -1.23. The van der Waals surface area contributed by atoms with E-state index in [1.165, 1.54) is 0 Å². The molecule has 0 N–H and O–H groups in total. The highest BCUT2D eigenvalue weighted by molar-refractivity contribution is 5.91. The highest BCUT2D eigenvalue weighted by Gasteiger charge is 2.20. The molecular weight excluding hydrogens is 256 g/mol. The first kappa shape index (κ1) is 14.6. The second-order valence-electron chi connectivity index (χ2n) is 3.74. The number of nitrogens with zero attached hydrogens (tertiary/aromatic N) is 2. The molecule has 0 aliphatic rings. The number of non-ortho nitro benzene ring substituents is 2. The summed E-state index contributed by atoms with van der Waals surface area (Å²) < 4.78 is 4.85. The summed E-state index contributed by atoms with van der Waals surface area (Å²) in [4.78, 5) is 31.3. The maximum absolute atomic E-state index is 11.6. The molecule has 8 heteroatoms. The molecule has 0 bridgehead atoms. The topological polar surface area (TPSA) is 113 Å². The van der Waals surface area contributed by atoms with Crippen molar-refractivity contribution in [2.24, 2.45) is 0 Å². The normalized spacial score (nSPS) is 9.95. The van der Waals surface area contributed by atoms with Gasteiger partial charge in [-0.2, -0.15) is 0 Å². The molecule has 1 aromatic rings. The molecule has 0 unspecified atom stereocenters. The number of carbonyl (C=O) groups excluding carboxylic acids is 1. The number of nitro benzene ring substituents is 2. The van der Waals surface area contributed by atoms with Gasteiger partial charge in [-0.25, -0.2) is 4.79 Å². The number of ether oxygens (including phenoxy) is 1. The fraction of sp³-hybridized carbons (Fsp3) is 0.364. The van der Waals surface area contributed by atoms with Crippen molar-refractivity contribution in [3.8, 4) is 0 Å². The molecule has 0 amide bonds. The third kappa shape index (κ3) is 4.02. The molecule has 0 saturated heterocycles. The van der Waals surface area contributed by atoms with Crippen LogP contribution in [0.1, 0.15) is 30.1 Å². The van der Waals surface area contributed by atoms with Crippen LogP contribution in [0.4, 0.5) is 11.4 Å². The Labute approximate surface area is 108 Å². The lowest BCUT2D eigenvalue weighted by atomic mass is 10.2. The van der Waals surface area contributed by atoms with Crippen LogP contribution in [0.25, 0.3) is 0 Å². The number of benzene rings is 1. The molecule has 0 fully saturated rings. The van der Waals surface area contributed by atoms with Crippen LogP contribution in [-0.4, -0.2) is 22.4 Å². The molecule has 1 aromatic carbocycles. The Bertz CT molecular complexity index is 482. The number of esters is 1. The predicted octanol–water partition coefficient (Wildman–Crippen LogP) is 2.46. The summed E-state index contributed by atoms with van der Waals surface area (Å²) in [5.74, 6) is -0.805. The molecule has 0 radical (unpaired) electrons. The minimum atomic E-state index is -0.805. The van der Waals surface area contributed by atoms with Crippen molar-refractivity contribution in [2.45, 2.75) is 19.8 Å². The molecule has 8 nitrogen and oxygen atoms in total. The number of rotatable bonds is 6. The van der Waals surface area contributed by atoms with Gasteiger partial charge in [0.25, 0.3) is 11.4 Å². The van der Waals surface area contributed by atoms with Gasteiger partial charge in [-0.3, -0.25) is 20.2 Å². The van der Waals surface area contributed by atoms with E-state index in [1.54, 1.807) is 0 Å². The molecule has 0 heterocycles. The van der Waals surface area contributed by atoms with Gasteiger partial charge in [0.1, 0.15) is 0 Å². The van der Waals surface area contributed by atoms with Crippen molar-refractivity contribution in [3.63, 3.8) is 0 Å². The van der Waals surface area contributed by atoms with Crippen molar-refractivity contribution in [3.05, 3.63) is 44.0 Å². The van der Waals surface area contributed by atoms with Gasteiger partial charge in [-0.15, -0.1) is 0 Å². The predicted molar refractivity (Wildman–Crippen MR) is 64.9 cm³/mol. The van der Waals surface area contributed by atoms with Crippen molar-refractivity contribution in [2.75, 3.05) is 6.61 Å². The molecule has 0 spiro atoms. The lowest BCUT2D eigenvalue weighted by Crippen LogP contribution is -2.07. The molecule has 19 heavy (non-hydrogen) atoms. The highest BCUT2D eigenvalue weighted by Crippen LogP contribution is 2.23. The fourth-order valence-electron chi connectivity index (χ4n) is 1.32. The third-order valence-electron chi connectivity index (χ3n) is 2.29. The van der Waals surface area contributed by atoms with Gasteiger partial charge in [0.05, 0.1) is 28.1 Å². The molecule has 0 aliphatic heterocycles. The van der Waals surface area contributed by atoms with Crippen LogP contribution in [0.5, 0.6) is 0 Å². The molecule has 0 aromatic heterocycles. The van der Waals surface area contributed by atoms with Crippen molar-refractivity contribution >= 4 is 17.3 Å². The average molecular weight is 268 g/mol. The highest BCUT2D eigenvalue weighted by atomic mass is 16.6. The summed E-state index contributed by atoms with van der Waals surface area (Å²) in [6, 6.07) is 2.71. The molecule has 1 rings (SSSR count). The smallest absolute Gasteiger partial charge is 0.338 e. The quantitative estimate of drug-likeness (QED) is 0.339. The minimum Gasteiger partial charge on any atom is -0.462 e. The first-order valence-corrected chi connectivity index (χ1v) is 5.56. The van der Waals surface area contributed by atoms with Crippen LogP contribution in [0, 0.1) is 20.2 Å². The fourth-order valence-corrected chi connectivity index (χ4v) is 1.32. The first-order chi connectivity index (χ1) is 8.95. The van der Waals surface area contributed by atoms with Crippen LogP contribution in [0.3, 0.4) is 0 Å². The van der Waals surface area contributed by atoms with Gasteiger partial charge in [0, 0.05) is 12.1 Å². The number of hydrogen-bond acceptors (Lipinski definition) is 6. The Hall–Kier alpha value is -2.51. The standard InChI is InChI=1S/C11H12N2O6/c1-2-3-4-19-11(14)8-5-9(12(15)16)7-10(6-8)13(17)18/h5-7H,2-4H2,1H3. The maximum atomic E-state index is 11.6. The van der Waals surface area contributed by atoms with Gasteiger partial charge in [-0.05, 0) is 6.42 Å². The zero-order valence-corrected chi connectivity index (χ0v) is 10.2. The summed E-state index contributed by atoms with van der Waals surface area (Å²) in [5, 5.41) is 21.3. The Morgan fingerprint density at radius 3 is 2.11 bits per heavy atom.